The van der Waals surface area contributed by atoms with Crippen molar-refractivity contribution >= 4 is 23.1 Å². The van der Waals surface area contributed by atoms with E-state index < -0.39 is 0 Å². The van der Waals surface area contributed by atoms with Crippen molar-refractivity contribution in [3.63, 3.8) is 0 Å². The number of benzene rings is 2. The number of nitrogens with one attached hydrogen (secondary N) is 1. The Kier molecular flexibility index (Phi) is 4.56. The standard InChI is InChI=1S/C18H18N4O2/c1-13(2)24-22-17(23)15-10-6-7-11-16(15)20-18(22)21-19-12-14-8-4-3-5-9-14/h3-13H,1-2H3,(H,20,21)/b19-12+. The molecule has 0 radical (unpaired) electrons. The maximum atomic E-state index is 12.6. The minimum atomic E-state index is -0.272. The highest BCUT2D eigenvalue weighted by molar-refractivity contribution is 5.80. The number of aromatic nitrogens is 2. The zero-order chi connectivity index (χ0) is 16.9. The number of anilines is 1. The molecule has 6 nitrogen and oxygen atoms in total. The number of hydrazone groups is 1. The predicted octanol–water partition coefficient (Wildman–Crippen LogP) is 2.68. The lowest BCUT2D eigenvalue weighted by Gasteiger charge is -2.15. The second kappa shape index (κ2) is 6.95. The third-order valence-corrected chi connectivity index (χ3v) is 3.23. The minimum absolute atomic E-state index is 0.177. The van der Waals surface area contributed by atoms with Crippen molar-refractivity contribution < 1.29 is 4.84 Å². The fraction of sp³-hybridized carbons (Fsp3) is 0.167. The van der Waals surface area contributed by atoms with Crippen LogP contribution in [0.1, 0.15) is 19.4 Å². The van der Waals surface area contributed by atoms with Gasteiger partial charge in [0.25, 0.3) is 11.5 Å². The molecule has 0 spiro atoms. The van der Waals surface area contributed by atoms with Crippen LogP contribution in [0.25, 0.3) is 10.9 Å². The molecule has 6 heteroatoms. The fourth-order valence-electron chi connectivity index (χ4n) is 2.20. The summed E-state index contributed by atoms with van der Waals surface area (Å²) < 4.78 is 1.15. The summed E-state index contributed by atoms with van der Waals surface area (Å²) in [6, 6.07) is 16.8. The number of nitrogens with zero attached hydrogens (tertiary/aromatic N) is 3. The summed E-state index contributed by atoms with van der Waals surface area (Å²) >= 11 is 0. The van der Waals surface area contributed by atoms with Crippen molar-refractivity contribution in [2.45, 2.75) is 20.0 Å². The number of hydrogen-bond acceptors (Lipinski definition) is 5. The van der Waals surface area contributed by atoms with E-state index in [9.17, 15) is 4.79 Å². The zero-order valence-corrected chi connectivity index (χ0v) is 13.5. The van der Waals surface area contributed by atoms with Crippen molar-refractivity contribution in [1.29, 1.82) is 0 Å². The van der Waals surface area contributed by atoms with Crippen LogP contribution >= 0.6 is 0 Å². The monoisotopic (exact) mass is 322 g/mol. The molecule has 0 unspecified atom stereocenters. The molecule has 0 atom stereocenters. The van der Waals surface area contributed by atoms with Crippen molar-refractivity contribution in [3.8, 4) is 0 Å². The lowest BCUT2D eigenvalue weighted by molar-refractivity contribution is 0.0561. The molecule has 0 fully saturated rings. The van der Waals surface area contributed by atoms with Crippen LogP contribution in [0.5, 0.6) is 0 Å². The van der Waals surface area contributed by atoms with Crippen LogP contribution in [-0.2, 0) is 0 Å². The van der Waals surface area contributed by atoms with Gasteiger partial charge in [0.2, 0.25) is 0 Å². The van der Waals surface area contributed by atoms with E-state index in [2.05, 4.69) is 15.5 Å². The first-order chi connectivity index (χ1) is 11.6. The van der Waals surface area contributed by atoms with Crippen molar-refractivity contribution in [3.05, 3.63) is 70.5 Å². The Bertz CT molecular complexity index is 917. The molecule has 0 saturated heterocycles. The van der Waals surface area contributed by atoms with Gasteiger partial charge in [0, 0.05) is 0 Å². The Hall–Kier alpha value is -3.15. The van der Waals surface area contributed by atoms with Crippen LogP contribution in [0.2, 0.25) is 0 Å². The summed E-state index contributed by atoms with van der Waals surface area (Å²) in [5, 5.41) is 4.65. The topological polar surface area (TPSA) is 68.5 Å². The first kappa shape index (κ1) is 15.7. The summed E-state index contributed by atoms with van der Waals surface area (Å²) in [4.78, 5) is 22.6. The van der Waals surface area contributed by atoms with E-state index in [4.69, 9.17) is 4.84 Å². The van der Waals surface area contributed by atoms with Gasteiger partial charge in [-0.25, -0.2) is 10.4 Å². The SMILES string of the molecule is CC(C)On1c(N/N=C/c2ccccc2)nc2ccccc2c1=O. The first-order valence-electron chi connectivity index (χ1n) is 7.68. The summed E-state index contributed by atoms with van der Waals surface area (Å²) in [6.45, 7) is 3.69. The molecule has 0 aliphatic heterocycles. The van der Waals surface area contributed by atoms with Crippen LogP contribution < -0.4 is 15.8 Å². The van der Waals surface area contributed by atoms with E-state index in [0.29, 0.717) is 10.9 Å². The highest BCUT2D eigenvalue weighted by Gasteiger charge is 2.12. The average Bonchev–Trinajstić information content (AvgIpc) is 2.59. The number of fused-ring (bicyclic) bond motifs is 1. The molecule has 122 valence electrons. The van der Waals surface area contributed by atoms with Gasteiger partial charge < -0.3 is 4.84 Å². The molecule has 1 aromatic heterocycles. The van der Waals surface area contributed by atoms with E-state index >= 15 is 0 Å². The molecule has 3 rings (SSSR count). The largest absolute Gasteiger partial charge is 0.405 e. The number of hydrogen-bond donors (Lipinski definition) is 1. The highest BCUT2D eigenvalue weighted by Crippen LogP contribution is 2.10. The van der Waals surface area contributed by atoms with E-state index in [1.54, 1.807) is 24.4 Å². The lowest BCUT2D eigenvalue weighted by atomic mass is 10.2. The molecular formula is C18H18N4O2. The first-order valence-corrected chi connectivity index (χ1v) is 7.68. The molecule has 0 aliphatic rings. The summed E-state index contributed by atoms with van der Waals surface area (Å²) in [5.41, 5.74) is 4.05. The smallest absolute Gasteiger partial charge is 0.295 e. The molecule has 0 amide bonds. The molecule has 24 heavy (non-hydrogen) atoms. The summed E-state index contributed by atoms with van der Waals surface area (Å²) in [6.07, 6.45) is 1.48. The zero-order valence-electron chi connectivity index (χ0n) is 13.5. The fourth-order valence-corrected chi connectivity index (χ4v) is 2.20. The number of rotatable bonds is 5. The van der Waals surface area contributed by atoms with Gasteiger partial charge in [-0.15, -0.1) is 4.73 Å². The Balaban J connectivity index is 1.99. The van der Waals surface area contributed by atoms with E-state index in [-0.39, 0.29) is 17.6 Å². The van der Waals surface area contributed by atoms with Crippen molar-refractivity contribution in [2.75, 3.05) is 5.43 Å². The summed E-state index contributed by atoms with van der Waals surface area (Å²) in [5.74, 6) is 0.236. The maximum absolute atomic E-state index is 12.6. The average molecular weight is 322 g/mol. The molecule has 3 aromatic rings. The van der Waals surface area contributed by atoms with Crippen LogP contribution in [-0.4, -0.2) is 22.0 Å². The van der Waals surface area contributed by atoms with Gasteiger partial charge in [-0.1, -0.05) is 42.5 Å². The molecular weight excluding hydrogens is 304 g/mol. The van der Waals surface area contributed by atoms with E-state index in [1.165, 1.54) is 0 Å². The molecule has 2 aromatic carbocycles. The Morgan fingerprint density at radius 1 is 1.12 bits per heavy atom. The quantitative estimate of drug-likeness (QED) is 0.579. The van der Waals surface area contributed by atoms with Crippen LogP contribution in [0, 0.1) is 0 Å². The van der Waals surface area contributed by atoms with Gasteiger partial charge in [-0.05, 0) is 31.5 Å². The molecule has 0 aliphatic carbocycles. The predicted molar refractivity (Wildman–Crippen MR) is 95.4 cm³/mol. The maximum Gasteiger partial charge on any atom is 0.295 e. The second-order valence-electron chi connectivity index (χ2n) is 5.49. The molecule has 1 heterocycles. The van der Waals surface area contributed by atoms with Gasteiger partial charge in [0.1, 0.15) is 6.10 Å². The molecule has 0 bridgehead atoms. The highest BCUT2D eigenvalue weighted by atomic mass is 16.7. The number of para-hydroxylation sites is 1. The summed E-state index contributed by atoms with van der Waals surface area (Å²) in [7, 11) is 0. The van der Waals surface area contributed by atoms with Gasteiger partial charge >= 0.3 is 0 Å². The van der Waals surface area contributed by atoms with Crippen molar-refractivity contribution in [1.82, 2.24) is 9.71 Å². The van der Waals surface area contributed by atoms with Crippen molar-refractivity contribution in [2.24, 2.45) is 5.10 Å². The lowest BCUT2D eigenvalue weighted by Crippen LogP contribution is -2.33. The van der Waals surface area contributed by atoms with E-state index in [1.807, 2.05) is 50.2 Å². The van der Waals surface area contributed by atoms with Gasteiger partial charge in [-0.2, -0.15) is 5.10 Å². The van der Waals surface area contributed by atoms with Gasteiger partial charge in [0.05, 0.1) is 17.1 Å². The van der Waals surface area contributed by atoms with Crippen LogP contribution in [0.3, 0.4) is 0 Å². The third-order valence-electron chi connectivity index (χ3n) is 3.23. The van der Waals surface area contributed by atoms with Gasteiger partial charge in [0.15, 0.2) is 0 Å². The third kappa shape index (κ3) is 3.43. The normalized spacial score (nSPS) is 11.3. The molecule has 1 N–H and O–H groups in total. The van der Waals surface area contributed by atoms with Crippen LogP contribution in [0.15, 0.2) is 64.5 Å². The Morgan fingerprint density at radius 2 is 1.83 bits per heavy atom. The Labute approximate surface area is 139 Å². The Morgan fingerprint density at radius 3 is 2.58 bits per heavy atom. The van der Waals surface area contributed by atoms with E-state index in [0.717, 1.165) is 10.3 Å². The van der Waals surface area contributed by atoms with Gasteiger partial charge in [-0.3, -0.25) is 4.79 Å². The molecule has 0 saturated carbocycles. The minimum Gasteiger partial charge on any atom is -0.405 e. The van der Waals surface area contributed by atoms with Crippen LogP contribution in [0.4, 0.5) is 5.95 Å². The second-order valence-corrected chi connectivity index (χ2v) is 5.49.